The third-order valence-corrected chi connectivity index (χ3v) is 1.52. The van der Waals surface area contributed by atoms with E-state index < -0.39 is 0 Å². The summed E-state index contributed by atoms with van der Waals surface area (Å²) in [6, 6.07) is 0. The van der Waals surface area contributed by atoms with E-state index in [1.54, 1.807) is 7.05 Å². The Morgan fingerprint density at radius 2 is 1.72 bits per heavy atom. The molecular formula is C15H31NO2. The van der Waals surface area contributed by atoms with Gasteiger partial charge in [0.05, 0.1) is 0 Å². The molecule has 0 atom stereocenters. The topological polar surface area (TPSA) is 38.7 Å². The van der Waals surface area contributed by atoms with E-state index in [0.29, 0.717) is 0 Å². The highest BCUT2D eigenvalue weighted by molar-refractivity contribution is 5.77. The van der Waals surface area contributed by atoms with Gasteiger partial charge in [-0.1, -0.05) is 26.8 Å². The number of allylic oxidation sites excluding steroid dienone is 2. The van der Waals surface area contributed by atoms with Gasteiger partial charge in [0.15, 0.2) is 0 Å². The molecule has 0 spiro atoms. The van der Waals surface area contributed by atoms with Crippen LogP contribution in [0.25, 0.3) is 0 Å². The van der Waals surface area contributed by atoms with Crippen molar-refractivity contribution in [1.82, 2.24) is 0 Å². The Labute approximate surface area is 113 Å². The van der Waals surface area contributed by atoms with Gasteiger partial charge in [0.2, 0.25) is 0 Å². The number of ether oxygens (including phenoxy) is 1. The summed E-state index contributed by atoms with van der Waals surface area (Å²) in [6.45, 7) is 15.1. The van der Waals surface area contributed by atoms with Crippen LogP contribution < -0.4 is 0 Å². The summed E-state index contributed by atoms with van der Waals surface area (Å²) in [5.74, 6) is -0.225. The monoisotopic (exact) mass is 257 g/mol. The molecule has 0 rings (SSSR count). The Bertz CT molecular complexity index is 245. The molecule has 0 aromatic rings. The summed E-state index contributed by atoms with van der Waals surface area (Å²) in [4.78, 5) is 14.1. The minimum Gasteiger partial charge on any atom is -0.460 e. The predicted octanol–water partition coefficient (Wildman–Crippen LogP) is 4.42. The lowest BCUT2D eigenvalue weighted by Gasteiger charge is -2.17. The number of hydrogen-bond acceptors (Lipinski definition) is 3. The Morgan fingerprint density at radius 3 is 1.78 bits per heavy atom. The van der Waals surface area contributed by atoms with E-state index in [9.17, 15) is 4.79 Å². The third-order valence-electron chi connectivity index (χ3n) is 1.52. The summed E-state index contributed by atoms with van der Waals surface area (Å²) < 4.78 is 4.80. The van der Waals surface area contributed by atoms with Crippen molar-refractivity contribution in [3.05, 3.63) is 11.6 Å². The van der Waals surface area contributed by atoms with Gasteiger partial charge >= 0.3 is 5.97 Å². The summed E-state index contributed by atoms with van der Waals surface area (Å²) in [5, 5.41) is 0. The number of esters is 1. The van der Waals surface area contributed by atoms with Crippen molar-refractivity contribution in [3.63, 3.8) is 0 Å². The highest BCUT2D eigenvalue weighted by Gasteiger charge is 2.11. The van der Waals surface area contributed by atoms with Gasteiger partial charge in [-0.3, -0.25) is 9.79 Å². The molecule has 0 unspecified atom stereocenters. The molecule has 0 aromatic carbocycles. The Balaban J connectivity index is -0.000000219. The summed E-state index contributed by atoms with van der Waals surface area (Å²) in [5.41, 5.74) is 0.971. The molecule has 0 aliphatic carbocycles. The van der Waals surface area contributed by atoms with Crippen molar-refractivity contribution in [1.29, 1.82) is 0 Å². The molecule has 0 aromatic heterocycles. The number of nitrogens with zero attached hydrogens (tertiary/aromatic N) is 1. The first-order valence-corrected chi connectivity index (χ1v) is 6.53. The molecule has 0 saturated heterocycles. The quantitative estimate of drug-likeness (QED) is 0.542. The Kier molecular flexibility index (Phi) is 17.1. The van der Waals surface area contributed by atoms with Crippen LogP contribution in [-0.4, -0.2) is 24.8 Å². The highest BCUT2D eigenvalue weighted by Crippen LogP contribution is 2.05. The van der Waals surface area contributed by atoms with Crippen molar-refractivity contribution in [2.75, 3.05) is 7.05 Å². The number of hydrogen-bond donors (Lipinski definition) is 0. The van der Waals surface area contributed by atoms with E-state index in [0.717, 1.165) is 6.42 Å². The zero-order chi connectivity index (χ0) is 15.2. The lowest BCUT2D eigenvalue weighted by Crippen LogP contribution is -2.21. The van der Waals surface area contributed by atoms with Crippen LogP contribution in [0.5, 0.6) is 0 Å². The minimum atomic E-state index is -0.328. The zero-order valence-corrected chi connectivity index (χ0v) is 13.6. The molecule has 0 aliphatic rings. The molecule has 108 valence electrons. The van der Waals surface area contributed by atoms with Gasteiger partial charge in [0.1, 0.15) is 5.60 Å². The second kappa shape index (κ2) is 13.9. The first kappa shape index (κ1) is 22.1. The van der Waals surface area contributed by atoms with E-state index in [1.807, 2.05) is 47.8 Å². The maximum Gasteiger partial charge on any atom is 0.303 e. The van der Waals surface area contributed by atoms with Crippen LogP contribution in [0.2, 0.25) is 0 Å². The molecular weight excluding hydrogens is 226 g/mol. The van der Waals surface area contributed by atoms with E-state index in [1.165, 1.54) is 12.5 Å². The maximum atomic E-state index is 10.2. The normalized spacial score (nSPS) is 11.1. The van der Waals surface area contributed by atoms with Crippen molar-refractivity contribution in [2.45, 2.75) is 67.4 Å². The van der Waals surface area contributed by atoms with Crippen molar-refractivity contribution in [2.24, 2.45) is 4.99 Å². The molecule has 0 amide bonds. The van der Waals surface area contributed by atoms with Gasteiger partial charge in [0.25, 0.3) is 0 Å². The standard InChI is InChI=1S/C7H13N.C6H12O2.C2H6/c1-4-7(5-2)6-8-3;1-5(7)8-6(2,3)4;1-2/h4,6H,5H2,1-3H3;1-4H3;1-2H3/b7-4-,8-6?;;. The summed E-state index contributed by atoms with van der Waals surface area (Å²) in [6.07, 6.45) is 5.04. The van der Waals surface area contributed by atoms with Crippen LogP contribution in [-0.2, 0) is 9.53 Å². The van der Waals surface area contributed by atoms with Gasteiger partial charge in [-0.05, 0) is 39.7 Å². The summed E-state index contributed by atoms with van der Waals surface area (Å²) in [7, 11) is 1.79. The van der Waals surface area contributed by atoms with E-state index in [4.69, 9.17) is 4.74 Å². The lowest BCUT2D eigenvalue weighted by atomic mass is 10.2. The van der Waals surface area contributed by atoms with E-state index in [2.05, 4.69) is 18.0 Å². The molecule has 3 nitrogen and oxygen atoms in total. The fraction of sp³-hybridized carbons (Fsp3) is 0.733. The first-order chi connectivity index (χ1) is 8.26. The van der Waals surface area contributed by atoms with Crippen molar-refractivity contribution in [3.8, 4) is 0 Å². The zero-order valence-electron chi connectivity index (χ0n) is 13.6. The molecule has 0 radical (unpaired) electrons. The first-order valence-electron chi connectivity index (χ1n) is 6.53. The van der Waals surface area contributed by atoms with Gasteiger partial charge in [-0.15, -0.1) is 0 Å². The Hall–Kier alpha value is -1.12. The van der Waals surface area contributed by atoms with Crippen LogP contribution in [0.3, 0.4) is 0 Å². The molecule has 0 N–H and O–H groups in total. The molecule has 18 heavy (non-hydrogen) atoms. The number of rotatable bonds is 2. The predicted molar refractivity (Wildman–Crippen MR) is 81.3 cm³/mol. The average Bonchev–Trinajstić information content (AvgIpc) is 2.26. The van der Waals surface area contributed by atoms with Crippen LogP contribution in [0.1, 0.15) is 61.8 Å². The van der Waals surface area contributed by atoms with Crippen LogP contribution in [0.4, 0.5) is 0 Å². The van der Waals surface area contributed by atoms with E-state index >= 15 is 0 Å². The molecule has 0 fully saturated rings. The second-order valence-corrected chi connectivity index (χ2v) is 4.31. The molecule has 0 saturated carbocycles. The number of carbonyl (C=O) groups excluding carboxylic acids is 1. The van der Waals surface area contributed by atoms with Gasteiger partial charge in [-0.25, -0.2) is 0 Å². The van der Waals surface area contributed by atoms with E-state index in [-0.39, 0.29) is 11.6 Å². The smallest absolute Gasteiger partial charge is 0.303 e. The second-order valence-electron chi connectivity index (χ2n) is 4.31. The Morgan fingerprint density at radius 1 is 1.28 bits per heavy atom. The number of carbonyl (C=O) groups is 1. The average molecular weight is 257 g/mol. The molecule has 0 aliphatic heterocycles. The fourth-order valence-electron chi connectivity index (χ4n) is 0.967. The van der Waals surface area contributed by atoms with Crippen LogP contribution in [0, 0.1) is 0 Å². The lowest BCUT2D eigenvalue weighted by molar-refractivity contribution is -0.151. The van der Waals surface area contributed by atoms with Gasteiger partial charge in [0, 0.05) is 20.2 Å². The van der Waals surface area contributed by atoms with Crippen molar-refractivity contribution < 1.29 is 9.53 Å². The highest BCUT2D eigenvalue weighted by atomic mass is 16.6. The van der Waals surface area contributed by atoms with Crippen molar-refractivity contribution >= 4 is 12.2 Å². The van der Waals surface area contributed by atoms with Gasteiger partial charge < -0.3 is 4.74 Å². The summed E-state index contributed by atoms with van der Waals surface area (Å²) >= 11 is 0. The largest absolute Gasteiger partial charge is 0.460 e. The minimum absolute atomic E-state index is 0.225. The van der Waals surface area contributed by atoms with Crippen LogP contribution in [0.15, 0.2) is 16.6 Å². The SMILES string of the molecule is C/C=C(\C=NC)CC.CC.CC(=O)OC(C)(C)C. The third kappa shape index (κ3) is 24.2. The van der Waals surface area contributed by atoms with Crippen LogP contribution >= 0.6 is 0 Å². The van der Waals surface area contributed by atoms with Gasteiger partial charge in [-0.2, -0.15) is 0 Å². The molecule has 0 heterocycles. The fourth-order valence-corrected chi connectivity index (χ4v) is 0.967. The molecule has 0 bridgehead atoms. The maximum absolute atomic E-state index is 10.2. The molecule has 3 heteroatoms. The number of aliphatic imine (C=N–C) groups is 1.